The first-order chi connectivity index (χ1) is 9.75. The summed E-state index contributed by atoms with van der Waals surface area (Å²) in [4.78, 5) is 15.7. The number of nitrogens with zero attached hydrogens (tertiary/aromatic N) is 1. The summed E-state index contributed by atoms with van der Waals surface area (Å²) < 4.78 is 0. The summed E-state index contributed by atoms with van der Waals surface area (Å²) in [7, 11) is 0. The molecule has 2 aromatic rings. The second kappa shape index (κ2) is 7.40. The smallest absolute Gasteiger partial charge is 0.234 e. The zero-order valence-electron chi connectivity index (χ0n) is 11.5. The molecule has 1 atom stereocenters. The van der Waals surface area contributed by atoms with Crippen LogP contribution in [0.4, 0.5) is 0 Å². The molecule has 4 nitrogen and oxygen atoms in total. The number of nitrogens with one attached hydrogen (secondary N) is 2. The molecular weight excluding hydrogens is 250 g/mol. The van der Waals surface area contributed by atoms with Gasteiger partial charge in [0.25, 0.3) is 0 Å². The summed E-state index contributed by atoms with van der Waals surface area (Å²) >= 11 is 0. The zero-order chi connectivity index (χ0) is 14.2. The average molecular weight is 269 g/mol. The Morgan fingerprint density at radius 1 is 1.15 bits per heavy atom. The van der Waals surface area contributed by atoms with Crippen LogP contribution in [0.25, 0.3) is 0 Å². The Labute approximate surface area is 119 Å². The molecule has 1 aromatic carbocycles. The Morgan fingerprint density at radius 2 is 1.85 bits per heavy atom. The number of hydrogen-bond acceptors (Lipinski definition) is 3. The molecule has 0 aliphatic heterocycles. The summed E-state index contributed by atoms with van der Waals surface area (Å²) in [6.07, 6.45) is 3.51. The first-order valence-electron chi connectivity index (χ1n) is 6.69. The normalized spacial score (nSPS) is 11.8. The summed E-state index contributed by atoms with van der Waals surface area (Å²) in [5.74, 6) is -0.00485. The van der Waals surface area contributed by atoms with Crippen molar-refractivity contribution in [2.24, 2.45) is 0 Å². The lowest BCUT2D eigenvalue weighted by Gasteiger charge is -2.13. The molecule has 2 N–H and O–H groups in total. The molecule has 1 aromatic heterocycles. The molecular formula is C16H19N3O. The Bertz CT molecular complexity index is 528. The molecule has 0 unspecified atom stereocenters. The van der Waals surface area contributed by atoms with Gasteiger partial charge in [-0.2, -0.15) is 0 Å². The number of rotatable bonds is 6. The van der Waals surface area contributed by atoms with Crippen molar-refractivity contribution in [3.63, 3.8) is 0 Å². The van der Waals surface area contributed by atoms with E-state index in [4.69, 9.17) is 0 Å². The Morgan fingerprint density at radius 3 is 2.55 bits per heavy atom. The standard InChI is InChI=1S/C16H19N3O/c1-13(15-7-9-17-10-8-15)18-12-16(20)19-11-14-5-3-2-4-6-14/h2-10,13,18H,11-12H2,1H3,(H,19,20)/t13-/m1/s1. The maximum Gasteiger partial charge on any atom is 0.234 e. The fraction of sp³-hybridized carbons (Fsp3) is 0.250. The van der Waals surface area contributed by atoms with Gasteiger partial charge < -0.3 is 10.6 Å². The van der Waals surface area contributed by atoms with E-state index in [1.165, 1.54) is 0 Å². The lowest BCUT2D eigenvalue weighted by Crippen LogP contribution is -2.34. The van der Waals surface area contributed by atoms with E-state index in [9.17, 15) is 4.79 Å². The van der Waals surface area contributed by atoms with Crippen molar-refractivity contribution in [3.05, 3.63) is 66.0 Å². The number of aromatic nitrogens is 1. The number of carbonyl (C=O) groups excluding carboxylic acids is 1. The molecule has 20 heavy (non-hydrogen) atoms. The van der Waals surface area contributed by atoms with Gasteiger partial charge in [0, 0.05) is 25.0 Å². The number of pyridine rings is 1. The summed E-state index contributed by atoms with van der Waals surface area (Å²) in [5.41, 5.74) is 2.22. The van der Waals surface area contributed by atoms with Gasteiger partial charge in [-0.15, -0.1) is 0 Å². The van der Waals surface area contributed by atoms with Crippen LogP contribution in [0.15, 0.2) is 54.9 Å². The van der Waals surface area contributed by atoms with Crippen molar-refractivity contribution in [2.75, 3.05) is 6.54 Å². The molecule has 0 aliphatic carbocycles. The minimum Gasteiger partial charge on any atom is -0.351 e. The number of amides is 1. The summed E-state index contributed by atoms with van der Waals surface area (Å²) in [6.45, 7) is 2.89. The minimum atomic E-state index is -0.00485. The van der Waals surface area contributed by atoms with Crippen molar-refractivity contribution in [2.45, 2.75) is 19.5 Å². The highest BCUT2D eigenvalue weighted by Gasteiger charge is 2.07. The third-order valence-electron chi connectivity index (χ3n) is 3.11. The van der Waals surface area contributed by atoms with Gasteiger partial charge in [-0.1, -0.05) is 30.3 Å². The largest absolute Gasteiger partial charge is 0.351 e. The van der Waals surface area contributed by atoms with Gasteiger partial charge in [-0.25, -0.2) is 0 Å². The van der Waals surface area contributed by atoms with Gasteiger partial charge in [0.15, 0.2) is 0 Å². The topological polar surface area (TPSA) is 54.0 Å². The van der Waals surface area contributed by atoms with Crippen LogP contribution in [-0.4, -0.2) is 17.4 Å². The maximum absolute atomic E-state index is 11.8. The van der Waals surface area contributed by atoms with E-state index in [-0.39, 0.29) is 11.9 Å². The molecule has 0 saturated carbocycles. The van der Waals surface area contributed by atoms with Crippen LogP contribution in [0.5, 0.6) is 0 Å². The zero-order valence-corrected chi connectivity index (χ0v) is 11.5. The molecule has 0 aliphatic rings. The fourth-order valence-corrected chi connectivity index (χ4v) is 1.87. The molecule has 104 valence electrons. The average Bonchev–Trinajstić information content (AvgIpc) is 2.52. The van der Waals surface area contributed by atoms with Crippen LogP contribution >= 0.6 is 0 Å². The monoisotopic (exact) mass is 269 g/mol. The predicted octanol–water partition coefficient (Wildman–Crippen LogP) is 2.05. The van der Waals surface area contributed by atoms with Gasteiger partial charge in [0.1, 0.15) is 0 Å². The van der Waals surface area contributed by atoms with Crippen molar-refractivity contribution in [3.8, 4) is 0 Å². The Balaban J connectivity index is 1.73. The highest BCUT2D eigenvalue weighted by molar-refractivity contribution is 5.78. The summed E-state index contributed by atoms with van der Waals surface area (Å²) in [6, 6.07) is 13.9. The number of hydrogen-bond donors (Lipinski definition) is 2. The molecule has 0 saturated heterocycles. The van der Waals surface area contributed by atoms with Crippen LogP contribution < -0.4 is 10.6 Å². The van der Waals surface area contributed by atoms with Crippen LogP contribution in [0.1, 0.15) is 24.1 Å². The van der Waals surface area contributed by atoms with E-state index in [1.54, 1.807) is 12.4 Å². The van der Waals surface area contributed by atoms with Gasteiger partial charge >= 0.3 is 0 Å². The second-order valence-corrected chi connectivity index (χ2v) is 4.65. The van der Waals surface area contributed by atoms with E-state index in [0.29, 0.717) is 13.1 Å². The second-order valence-electron chi connectivity index (χ2n) is 4.65. The van der Waals surface area contributed by atoms with E-state index < -0.39 is 0 Å². The van der Waals surface area contributed by atoms with Gasteiger partial charge in [0.05, 0.1) is 6.54 Å². The van der Waals surface area contributed by atoms with Crippen LogP contribution in [0.2, 0.25) is 0 Å². The SMILES string of the molecule is C[C@@H](NCC(=O)NCc1ccccc1)c1ccncc1. The van der Waals surface area contributed by atoms with Crippen molar-refractivity contribution < 1.29 is 4.79 Å². The molecule has 0 bridgehead atoms. The fourth-order valence-electron chi connectivity index (χ4n) is 1.87. The molecule has 0 fully saturated rings. The van der Waals surface area contributed by atoms with Crippen molar-refractivity contribution in [1.82, 2.24) is 15.6 Å². The lowest BCUT2D eigenvalue weighted by atomic mass is 10.1. The number of benzene rings is 1. The van der Waals surface area contributed by atoms with Gasteiger partial charge in [-0.3, -0.25) is 9.78 Å². The molecule has 4 heteroatoms. The number of carbonyl (C=O) groups is 1. The third-order valence-corrected chi connectivity index (χ3v) is 3.11. The van der Waals surface area contributed by atoms with Crippen LogP contribution in [0.3, 0.4) is 0 Å². The maximum atomic E-state index is 11.8. The highest BCUT2D eigenvalue weighted by Crippen LogP contribution is 2.09. The molecule has 0 spiro atoms. The van der Waals surface area contributed by atoms with Crippen molar-refractivity contribution in [1.29, 1.82) is 0 Å². The Hall–Kier alpha value is -2.20. The molecule has 1 heterocycles. The van der Waals surface area contributed by atoms with Crippen LogP contribution in [0, 0.1) is 0 Å². The van der Waals surface area contributed by atoms with Crippen molar-refractivity contribution >= 4 is 5.91 Å². The molecule has 2 rings (SSSR count). The predicted molar refractivity (Wildman–Crippen MR) is 78.9 cm³/mol. The lowest BCUT2D eigenvalue weighted by molar-refractivity contribution is -0.120. The molecule has 0 radical (unpaired) electrons. The third kappa shape index (κ3) is 4.48. The summed E-state index contributed by atoms with van der Waals surface area (Å²) in [5, 5.41) is 6.09. The van der Waals surface area contributed by atoms with E-state index in [1.807, 2.05) is 49.4 Å². The first-order valence-corrected chi connectivity index (χ1v) is 6.69. The highest BCUT2D eigenvalue weighted by atomic mass is 16.1. The van der Waals surface area contributed by atoms with Gasteiger partial charge in [0.2, 0.25) is 5.91 Å². The van der Waals surface area contributed by atoms with E-state index in [2.05, 4.69) is 15.6 Å². The first kappa shape index (κ1) is 14.2. The van der Waals surface area contributed by atoms with E-state index >= 15 is 0 Å². The minimum absolute atomic E-state index is 0.00485. The Kier molecular flexibility index (Phi) is 5.26. The molecule has 1 amide bonds. The van der Waals surface area contributed by atoms with Crippen LogP contribution in [-0.2, 0) is 11.3 Å². The quantitative estimate of drug-likeness (QED) is 0.844. The van der Waals surface area contributed by atoms with Gasteiger partial charge in [-0.05, 0) is 30.2 Å². The van der Waals surface area contributed by atoms with E-state index in [0.717, 1.165) is 11.1 Å².